The monoisotopic (exact) mass is 374 g/mol. The van der Waals surface area contributed by atoms with Crippen LogP contribution in [0.2, 0.25) is 0 Å². The topological polar surface area (TPSA) is 41.6 Å². The summed E-state index contributed by atoms with van der Waals surface area (Å²) in [4.78, 5) is 13.5. The van der Waals surface area contributed by atoms with Crippen LogP contribution in [0.1, 0.15) is 29.9 Å². The summed E-state index contributed by atoms with van der Waals surface area (Å²) in [6.07, 6.45) is -4.58. The molecule has 0 amide bonds. The molecule has 3 rings (SSSR count). The molecule has 144 valence electrons. The molecular weight excluding hydrogens is 352 g/mol. The highest BCUT2D eigenvalue weighted by Crippen LogP contribution is 2.39. The lowest BCUT2D eigenvalue weighted by molar-refractivity contribution is -0.146. The Bertz CT molecular complexity index is 657. The van der Waals surface area contributed by atoms with Gasteiger partial charge in [-0.15, -0.1) is 0 Å². The third-order valence-corrected chi connectivity index (χ3v) is 5.27. The second-order valence-corrected chi connectivity index (χ2v) is 6.84. The number of ether oxygens (including phenoxy) is 1. The normalized spacial score (nSPS) is 24.7. The Kier molecular flexibility index (Phi) is 5.41. The molecule has 1 aromatic carbocycles. The zero-order valence-electron chi connectivity index (χ0n) is 14.5. The molecule has 2 fully saturated rings. The molecule has 2 aliphatic heterocycles. The van der Waals surface area contributed by atoms with Crippen molar-refractivity contribution in [3.05, 3.63) is 29.3 Å². The van der Waals surface area contributed by atoms with Gasteiger partial charge in [0.15, 0.2) is 0 Å². The zero-order valence-corrected chi connectivity index (χ0v) is 14.5. The van der Waals surface area contributed by atoms with Gasteiger partial charge in [0.25, 0.3) is 0 Å². The van der Waals surface area contributed by atoms with Gasteiger partial charge in [0.1, 0.15) is 6.17 Å². The molecular formula is C18H22F4N2O2. The zero-order chi connectivity index (χ0) is 18.9. The van der Waals surface area contributed by atoms with Gasteiger partial charge in [0.05, 0.1) is 18.6 Å². The molecule has 0 radical (unpaired) electrons. The summed E-state index contributed by atoms with van der Waals surface area (Å²) < 4.78 is 58.5. The van der Waals surface area contributed by atoms with E-state index in [0.717, 1.165) is 12.1 Å². The van der Waals surface area contributed by atoms with Crippen molar-refractivity contribution in [3.8, 4) is 0 Å². The molecule has 0 aromatic heterocycles. The van der Waals surface area contributed by atoms with Crippen LogP contribution in [0.15, 0.2) is 18.2 Å². The lowest BCUT2D eigenvalue weighted by Crippen LogP contribution is -2.37. The first-order valence-corrected chi connectivity index (χ1v) is 8.70. The third-order valence-electron chi connectivity index (χ3n) is 5.27. The molecule has 0 spiro atoms. The van der Waals surface area contributed by atoms with Crippen molar-refractivity contribution in [2.75, 3.05) is 38.2 Å². The molecule has 0 saturated carbocycles. The summed E-state index contributed by atoms with van der Waals surface area (Å²) >= 11 is 0. The number of carbonyl (C=O) groups excluding carboxylic acids is 1. The number of piperidine rings is 1. The predicted octanol–water partition coefficient (Wildman–Crippen LogP) is 3.12. The number of rotatable bonds is 3. The summed E-state index contributed by atoms with van der Waals surface area (Å²) in [7, 11) is 1.33. The molecule has 8 heteroatoms. The summed E-state index contributed by atoms with van der Waals surface area (Å²) in [5.41, 5.74) is 0.263. The molecule has 2 atom stereocenters. The van der Waals surface area contributed by atoms with E-state index in [0.29, 0.717) is 43.7 Å². The largest absolute Gasteiger partial charge is 0.469 e. The Labute approximate surface area is 149 Å². The number of nitrogens with zero attached hydrogens (tertiary/aromatic N) is 1. The molecule has 2 heterocycles. The average Bonchev–Trinajstić information content (AvgIpc) is 3.05. The lowest BCUT2D eigenvalue weighted by atomic mass is 9.91. The van der Waals surface area contributed by atoms with Gasteiger partial charge >= 0.3 is 12.1 Å². The highest BCUT2D eigenvalue weighted by atomic mass is 19.4. The van der Waals surface area contributed by atoms with Crippen LogP contribution in [-0.4, -0.2) is 45.4 Å². The number of hydrogen-bond acceptors (Lipinski definition) is 4. The molecule has 0 bridgehead atoms. The van der Waals surface area contributed by atoms with Crippen LogP contribution in [-0.2, 0) is 15.7 Å². The Morgan fingerprint density at radius 2 is 1.92 bits per heavy atom. The smallest absolute Gasteiger partial charge is 0.416 e. The molecule has 2 aliphatic rings. The minimum atomic E-state index is -4.46. The second kappa shape index (κ2) is 7.42. The van der Waals surface area contributed by atoms with Gasteiger partial charge in [-0.2, -0.15) is 13.2 Å². The number of halogens is 4. The summed E-state index contributed by atoms with van der Waals surface area (Å²) in [5, 5.41) is 2.95. The van der Waals surface area contributed by atoms with Crippen molar-refractivity contribution < 1.29 is 27.1 Å². The summed E-state index contributed by atoms with van der Waals surface area (Å²) in [6, 6.07) is 3.53. The van der Waals surface area contributed by atoms with E-state index in [9.17, 15) is 22.4 Å². The number of carbonyl (C=O) groups is 1. The molecule has 0 unspecified atom stereocenters. The highest BCUT2D eigenvalue weighted by molar-refractivity contribution is 5.73. The number of nitrogens with one attached hydrogen (secondary N) is 1. The minimum absolute atomic E-state index is 0.204. The van der Waals surface area contributed by atoms with Gasteiger partial charge in [-0.05, 0) is 30.5 Å². The van der Waals surface area contributed by atoms with Gasteiger partial charge < -0.3 is 15.0 Å². The second-order valence-electron chi connectivity index (χ2n) is 6.84. The Morgan fingerprint density at radius 1 is 1.23 bits per heavy atom. The van der Waals surface area contributed by atoms with Gasteiger partial charge in [0.2, 0.25) is 0 Å². The minimum Gasteiger partial charge on any atom is -0.469 e. The van der Waals surface area contributed by atoms with Crippen LogP contribution in [0.3, 0.4) is 0 Å². The number of benzene rings is 1. The first-order valence-electron chi connectivity index (χ1n) is 8.70. The van der Waals surface area contributed by atoms with Crippen molar-refractivity contribution >= 4 is 11.7 Å². The number of anilines is 1. The predicted molar refractivity (Wildman–Crippen MR) is 88.9 cm³/mol. The van der Waals surface area contributed by atoms with E-state index in [2.05, 4.69) is 5.32 Å². The van der Waals surface area contributed by atoms with Crippen LogP contribution in [0.25, 0.3) is 0 Å². The lowest BCUT2D eigenvalue weighted by Gasteiger charge is -2.35. The number of methoxy groups -OCH3 is 1. The molecule has 1 N–H and O–H groups in total. The fourth-order valence-corrected chi connectivity index (χ4v) is 3.78. The first kappa shape index (κ1) is 18.9. The average molecular weight is 374 g/mol. The fraction of sp³-hybridized carbons (Fsp3) is 0.611. The van der Waals surface area contributed by atoms with Gasteiger partial charge in [-0.3, -0.25) is 4.79 Å². The van der Waals surface area contributed by atoms with Gasteiger partial charge in [-0.25, -0.2) is 4.39 Å². The van der Waals surface area contributed by atoms with E-state index in [1.54, 1.807) is 0 Å². The maximum atomic E-state index is 14.2. The fourth-order valence-electron chi connectivity index (χ4n) is 3.78. The van der Waals surface area contributed by atoms with Crippen molar-refractivity contribution in [1.82, 2.24) is 5.32 Å². The van der Waals surface area contributed by atoms with Crippen molar-refractivity contribution in [1.29, 1.82) is 0 Å². The molecule has 2 saturated heterocycles. The van der Waals surface area contributed by atoms with Crippen molar-refractivity contribution in [2.45, 2.75) is 31.1 Å². The number of hydrogen-bond donors (Lipinski definition) is 1. The summed E-state index contributed by atoms with van der Waals surface area (Å²) in [6.45, 7) is 1.48. The van der Waals surface area contributed by atoms with Crippen LogP contribution in [0.4, 0.5) is 23.2 Å². The quantitative estimate of drug-likeness (QED) is 0.652. The Morgan fingerprint density at radius 3 is 2.46 bits per heavy atom. The molecule has 1 aromatic rings. The summed E-state index contributed by atoms with van der Waals surface area (Å²) in [5.74, 6) is -1.00. The van der Waals surface area contributed by atoms with E-state index in [1.165, 1.54) is 13.2 Å². The molecule has 4 nitrogen and oxygen atoms in total. The van der Waals surface area contributed by atoms with E-state index < -0.39 is 23.8 Å². The standard InChI is InChI=1S/C18H22F4N2O2/c1-26-17(25)11-4-6-24(7-5-11)16-8-12(18(20,21)22)2-3-13(16)14-9-23-10-15(14)19/h2-3,8,11,14-15,23H,4-7,9-10H2,1H3/t14-,15-/m1/s1. The number of alkyl halides is 4. The van der Waals surface area contributed by atoms with Crippen molar-refractivity contribution in [3.63, 3.8) is 0 Å². The van der Waals surface area contributed by atoms with Crippen molar-refractivity contribution in [2.24, 2.45) is 5.92 Å². The van der Waals surface area contributed by atoms with Gasteiger partial charge in [0, 0.05) is 37.8 Å². The first-order chi connectivity index (χ1) is 12.3. The van der Waals surface area contributed by atoms with Crippen LogP contribution < -0.4 is 10.2 Å². The number of esters is 1. The van der Waals surface area contributed by atoms with E-state index >= 15 is 0 Å². The Hall–Kier alpha value is -1.83. The highest BCUT2D eigenvalue weighted by Gasteiger charge is 2.36. The van der Waals surface area contributed by atoms with E-state index in [1.807, 2.05) is 4.90 Å². The van der Waals surface area contributed by atoms with Crippen LogP contribution >= 0.6 is 0 Å². The van der Waals surface area contributed by atoms with E-state index in [-0.39, 0.29) is 18.4 Å². The maximum Gasteiger partial charge on any atom is 0.416 e. The van der Waals surface area contributed by atoms with Crippen LogP contribution in [0.5, 0.6) is 0 Å². The van der Waals surface area contributed by atoms with Crippen LogP contribution in [0, 0.1) is 5.92 Å². The third kappa shape index (κ3) is 3.79. The maximum absolute atomic E-state index is 14.2. The SMILES string of the molecule is COC(=O)C1CCN(c2cc(C(F)(F)F)ccc2[C@H]2CNC[C@H]2F)CC1. The van der Waals surface area contributed by atoms with Gasteiger partial charge in [-0.1, -0.05) is 6.07 Å². The Balaban J connectivity index is 1.89. The molecule has 26 heavy (non-hydrogen) atoms. The molecule has 0 aliphatic carbocycles. The van der Waals surface area contributed by atoms with E-state index in [4.69, 9.17) is 4.74 Å².